The fraction of sp³-hybridized carbons (Fsp3) is 0.111. The smallest absolute Gasteiger partial charge is 0.380 e. The topological polar surface area (TPSA) is 136 Å². The molecule has 2 aromatic carbocycles. The normalized spacial score (nSPS) is 12.5. The summed E-state index contributed by atoms with van der Waals surface area (Å²) in [5, 5.41) is 23.3. The Morgan fingerprint density at radius 2 is 0.963 bits per heavy atom. The van der Waals surface area contributed by atoms with Gasteiger partial charge in [0.1, 0.15) is 12.2 Å². The van der Waals surface area contributed by atoms with Crippen molar-refractivity contribution in [2.24, 2.45) is 0 Å². The van der Waals surface area contributed by atoms with E-state index in [0.29, 0.717) is 0 Å². The third-order valence-electron chi connectivity index (χ3n) is 3.35. The maximum atomic E-state index is 11.7. The molecule has 0 aliphatic carbocycles. The fourth-order valence-electron chi connectivity index (χ4n) is 1.96. The highest BCUT2D eigenvalue weighted by molar-refractivity contribution is 6.35. The molecule has 0 heterocycles. The number of benzene rings is 2. The van der Waals surface area contributed by atoms with Crippen molar-refractivity contribution < 1.29 is 44.2 Å². The highest BCUT2D eigenvalue weighted by atomic mass is 17.5. The van der Waals surface area contributed by atoms with Crippen LogP contribution >= 0.6 is 0 Å². The lowest BCUT2D eigenvalue weighted by Crippen LogP contribution is -2.27. The van der Waals surface area contributed by atoms with E-state index < -0.39 is 35.7 Å². The molecule has 0 fully saturated rings. The molecule has 27 heavy (non-hydrogen) atoms. The standard InChI is InChI=1S/C18H14O9/c19-13(11-7-3-1-4-8-11)15(21)17(23)25-27-26-18(24)16(22)14(20)12-9-5-2-6-10-12/h1-10,13-14,19-20H. The van der Waals surface area contributed by atoms with Crippen LogP contribution in [0, 0.1) is 0 Å². The number of carbonyl (C=O) groups is 4. The minimum atomic E-state index is -1.81. The van der Waals surface area contributed by atoms with Gasteiger partial charge in [-0.3, -0.25) is 19.4 Å². The van der Waals surface area contributed by atoms with Crippen molar-refractivity contribution in [2.75, 3.05) is 0 Å². The summed E-state index contributed by atoms with van der Waals surface area (Å²) < 4.78 is 0. The van der Waals surface area contributed by atoms with Crippen LogP contribution in [0.3, 0.4) is 0 Å². The van der Waals surface area contributed by atoms with Gasteiger partial charge in [-0.05, 0) is 11.1 Å². The first-order valence-electron chi connectivity index (χ1n) is 7.55. The van der Waals surface area contributed by atoms with Crippen LogP contribution in [0.25, 0.3) is 0 Å². The van der Waals surface area contributed by atoms with Crippen molar-refractivity contribution in [3.8, 4) is 0 Å². The lowest BCUT2D eigenvalue weighted by atomic mass is 10.1. The molecule has 2 N–H and O–H groups in total. The molecule has 0 bridgehead atoms. The summed E-state index contributed by atoms with van der Waals surface area (Å²) in [6.07, 6.45) is -3.61. The molecule has 0 saturated carbocycles. The number of carbonyl (C=O) groups excluding carboxylic acids is 4. The van der Waals surface area contributed by atoms with Crippen molar-refractivity contribution >= 4 is 23.5 Å². The Kier molecular flexibility index (Phi) is 6.89. The van der Waals surface area contributed by atoms with Crippen LogP contribution in [0.2, 0.25) is 0 Å². The minimum absolute atomic E-state index is 0.137. The molecule has 2 aromatic rings. The van der Waals surface area contributed by atoms with Gasteiger partial charge in [-0.1, -0.05) is 60.7 Å². The van der Waals surface area contributed by atoms with Crippen LogP contribution in [0.5, 0.6) is 0 Å². The van der Waals surface area contributed by atoms with Crippen molar-refractivity contribution in [3.63, 3.8) is 0 Å². The van der Waals surface area contributed by atoms with Crippen LogP contribution in [0.15, 0.2) is 60.7 Å². The Hall–Kier alpha value is -3.40. The van der Waals surface area contributed by atoms with Crippen molar-refractivity contribution in [3.05, 3.63) is 71.8 Å². The van der Waals surface area contributed by atoms with Gasteiger partial charge < -0.3 is 10.2 Å². The quantitative estimate of drug-likeness (QED) is 0.385. The van der Waals surface area contributed by atoms with Gasteiger partial charge in [0.15, 0.2) is 0 Å². The fourth-order valence-corrected chi connectivity index (χ4v) is 1.96. The average Bonchev–Trinajstić information content (AvgIpc) is 2.72. The molecule has 0 spiro atoms. The van der Waals surface area contributed by atoms with Crippen LogP contribution in [0.1, 0.15) is 23.3 Å². The largest absolute Gasteiger partial charge is 0.415 e. The second-order valence-electron chi connectivity index (χ2n) is 5.16. The summed E-state index contributed by atoms with van der Waals surface area (Å²) in [6.45, 7) is 0. The number of rotatable bonds is 8. The summed E-state index contributed by atoms with van der Waals surface area (Å²) in [4.78, 5) is 54.2. The van der Waals surface area contributed by atoms with E-state index >= 15 is 0 Å². The van der Waals surface area contributed by atoms with Crippen LogP contribution in [-0.4, -0.2) is 33.7 Å². The van der Waals surface area contributed by atoms with Crippen molar-refractivity contribution in [1.82, 2.24) is 0 Å². The van der Waals surface area contributed by atoms with E-state index in [1.54, 1.807) is 36.4 Å². The van der Waals surface area contributed by atoms with Gasteiger partial charge in [-0.25, -0.2) is 9.59 Å². The molecule has 2 atom stereocenters. The first-order valence-corrected chi connectivity index (χ1v) is 7.55. The van der Waals surface area contributed by atoms with Gasteiger partial charge >= 0.3 is 11.9 Å². The third kappa shape index (κ3) is 5.28. The molecule has 0 radical (unpaired) electrons. The zero-order valence-corrected chi connectivity index (χ0v) is 13.7. The molecule has 0 amide bonds. The van der Waals surface area contributed by atoms with Gasteiger partial charge in [0.2, 0.25) is 0 Å². The minimum Gasteiger partial charge on any atom is -0.380 e. The van der Waals surface area contributed by atoms with E-state index in [2.05, 4.69) is 14.8 Å². The highest BCUT2D eigenvalue weighted by Crippen LogP contribution is 2.15. The number of hydrogen-bond acceptors (Lipinski definition) is 9. The summed E-state index contributed by atoms with van der Waals surface area (Å²) >= 11 is 0. The van der Waals surface area contributed by atoms with Crippen molar-refractivity contribution in [1.29, 1.82) is 0 Å². The summed E-state index contributed by atoms with van der Waals surface area (Å²) in [5.74, 6) is -6.08. The maximum Gasteiger partial charge on any atom is 0.415 e. The molecule has 9 heteroatoms. The van der Waals surface area contributed by atoms with E-state index in [9.17, 15) is 29.4 Å². The monoisotopic (exact) mass is 374 g/mol. The number of Topliss-reactive ketones (excluding diaryl/α,β-unsaturated/α-hetero) is 2. The van der Waals surface area contributed by atoms with Gasteiger partial charge in [-0.15, -0.1) is 0 Å². The molecule has 2 rings (SSSR count). The summed E-state index contributed by atoms with van der Waals surface area (Å²) in [5.41, 5.74) is 0.273. The highest BCUT2D eigenvalue weighted by Gasteiger charge is 2.30. The van der Waals surface area contributed by atoms with Crippen LogP contribution in [-0.2, 0) is 34.0 Å². The van der Waals surface area contributed by atoms with E-state index in [1.165, 1.54) is 24.3 Å². The first kappa shape index (κ1) is 19.9. The molecular weight excluding hydrogens is 360 g/mol. The van der Waals surface area contributed by atoms with Crippen LogP contribution < -0.4 is 0 Å². The zero-order chi connectivity index (χ0) is 19.8. The summed E-state index contributed by atoms with van der Waals surface area (Å²) in [7, 11) is 0. The second-order valence-corrected chi connectivity index (χ2v) is 5.16. The Morgan fingerprint density at radius 1 is 0.630 bits per heavy atom. The average molecular weight is 374 g/mol. The van der Waals surface area contributed by atoms with E-state index in [0.717, 1.165) is 0 Å². The molecule has 0 aromatic heterocycles. The zero-order valence-electron chi connectivity index (χ0n) is 13.7. The Labute approximate surface area is 152 Å². The molecular formula is C18H14O9. The number of aliphatic hydroxyl groups excluding tert-OH is 2. The predicted octanol–water partition coefficient (Wildman–Crippen LogP) is 0.525. The molecule has 0 aliphatic rings. The Balaban J connectivity index is 1.82. The van der Waals surface area contributed by atoms with E-state index in [4.69, 9.17) is 0 Å². The molecule has 140 valence electrons. The third-order valence-corrected chi connectivity index (χ3v) is 3.35. The van der Waals surface area contributed by atoms with Gasteiger partial charge in [0.25, 0.3) is 11.6 Å². The predicted molar refractivity (Wildman–Crippen MR) is 86.1 cm³/mol. The molecule has 2 unspecified atom stereocenters. The first-order chi connectivity index (χ1) is 12.9. The lowest BCUT2D eigenvalue weighted by Gasteiger charge is -2.09. The van der Waals surface area contributed by atoms with E-state index in [1.807, 2.05) is 0 Å². The van der Waals surface area contributed by atoms with E-state index in [-0.39, 0.29) is 11.1 Å². The van der Waals surface area contributed by atoms with Crippen molar-refractivity contribution in [2.45, 2.75) is 12.2 Å². The Morgan fingerprint density at radius 3 is 1.30 bits per heavy atom. The number of hydrogen-bond donors (Lipinski definition) is 2. The summed E-state index contributed by atoms with van der Waals surface area (Å²) in [6, 6.07) is 15.1. The number of ketones is 2. The molecule has 0 aliphatic heterocycles. The second kappa shape index (κ2) is 9.34. The van der Waals surface area contributed by atoms with Crippen LogP contribution in [0.4, 0.5) is 0 Å². The number of aliphatic hydroxyl groups is 2. The molecule has 0 saturated heterocycles. The van der Waals surface area contributed by atoms with Gasteiger partial charge in [0, 0.05) is 5.04 Å². The van der Waals surface area contributed by atoms with Gasteiger partial charge in [0.05, 0.1) is 0 Å². The molecule has 9 nitrogen and oxygen atoms in total. The van der Waals surface area contributed by atoms with Gasteiger partial charge in [-0.2, -0.15) is 0 Å². The SMILES string of the molecule is O=C(OOOC(=O)C(=O)C(O)c1ccccc1)C(=O)C(O)c1ccccc1. The Bertz CT molecular complexity index is 748. The lowest BCUT2D eigenvalue weighted by molar-refractivity contribution is -0.455. The maximum absolute atomic E-state index is 11.7.